The van der Waals surface area contributed by atoms with Crippen LogP contribution in [0.5, 0.6) is 0 Å². The minimum atomic E-state index is -0.198. The van der Waals surface area contributed by atoms with Gasteiger partial charge in [0.25, 0.3) is 0 Å². The van der Waals surface area contributed by atoms with Crippen LogP contribution in [0.4, 0.5) is 11.4 Å². The van der Waals surface area contributed by atoms with E-state index in [9.17, 15) is 9.59 Å². The molecule has 0 aliphatic carbocycles. The van der Waals surface area contributed by atoms with Crippen molar-refractivity contribution in [2.75, 3.05) is 31.3 Å². The quantitative estimate of drug-likeness (QED) is 0.745. The van der Waals surface area contributed by atoms with Crippen molar-refractivity contribution < 1.29 is 9.59 Å². The highest BCUT2D eigenvalue weighted by molar-refractivity contribution is 6.35. The Balaban J connectivity index is 1.83. The normalized spacial score (nSPS) is 10.3. The van der Waals surface area contributed by atoms with Crippen LogP contribution in [0, 0.1) is 0 Å². The largest absolute Gasteiger partial charge is 0.375 e. The molecule has 26 heavy (non-hydrogen) atoms. The molecule has 2 aromatic carbocycles. The molecule has 0 aromatic heterocycles. The Hall–Kier alpha value is -2.24. The van der Waals surface area contributed by atoms with Crippen molar-refractivity contribution in [3.8, 4) is 0 Å². The van der Waals surface area contributed by atoms with Crippen molar-refractivity contribution >= 4 is 46.4 Å². The smallest absolute Gasteiger partial charge is 0.243 e. The monoisotopic (exact) mass is 393 g/mol. The van der Waals surface area contributed by atoms with Crippen molar-refractivity contribution in [3.05, 3.63) is 58.1 Å². The fourth-order valence-electron chi connectivity index (χ4n) is 2.24. The molecular formula is C19H21Cl2N3O2. The number of anilines is 2. The first-order valence-corrected chi connectivity index (χ1v) is 8.88. The average molecular weight is 394 g/mol. The van der Waals surface area contributed by atoms with E-state index >= 15 is 0 Å². The minimum Gasteiger partial charge on any atom is -0.375 e. The van der Waals surface area contributed by atoms with Gasteiger partial charge in [0.2, 0.25) is 11.8 Å². The summed E-state index contributed by atoms with van der Waals surface area (Å²) in [6.07, 6.45) is 1.13. The summed E-state index contributed by atoms with van der Waals surface area (Å²) in [5.41, 5.74) is 2.34. The number of nitrogens with zero attached hydrogens (tertiary/aromatic N) is 1. The zero-order valence-electron chi connectivity index (χ0n) is 14.7. The lowest BCUT2D eigenvalue weighted by Gasteiger charge is -2.11. The lowest BCUT2D eigenvalue weighted by atomic mass is 10.1. The molecule has 7 heteroatoms. The molecule has 2 N–H and O–H groups in total. The van der Waals surface area contributed by atoms with Crippen molar-refractivity contribution in [2.45, 2.75) is 12.8 Å². The van der Waals surface area contributed by atoms with E-state index in [0.29, 0.717) is 34.3 Å². The van der Waals surface area contributed by atoms with Gasteiger partial charge in [-0.2, -0.15) is 0 Å². The number of carbonyl (C=O) groups is 2. The first kappa shape index (κ1) is 20.1. The number of benzene rings is 2. The van der Waals surface area contributed by atoms with Crippen molar-refractivity contribution in [2.24, 2.45) is 0 Å². The molecule has 2 aromatic rings. The molecular weight excluding hydrogens is 373 g/mol. The van der Waals surface area contributed by atoms with Crippen LogP contribution < -0.4 is 10.6 Å². The molecule has 0 bridgehead atoms. The predicted octanol–water partition coefficient (Wildman–Crippen LogP) is 4.06. The summed E-state index contributed by atoms with van der Waals surface area (Å²) >= 11 is 12.0. The number of hydrogen-bond donors (Lipinski definition) is 2. The number of carbonyl (C=O) groups excluding carboxylic acids is 2. The van der Waals surface area contributed by atoms with Gasteiger partial charge in [-0.25, -0.2) is 0 Å². The maximum absolute atomic E-state index is 12.1. The van der Waals surface area contributed by atoms with Gasteiger partial charge in [0.1, 0.15) is 0 Å². The van der Waals surface area contributed by atoms with Gasteiger partial charge in [-0.05, 0) is 42.3 Å². The Kier molecular flexibility index (Phi) is 7.30. The van der Waals surface area contributed by atoms with Crippen molar-refractivity contribution in [3.63, 3.8) is 0 Å². The summed E-state index contributed by atoms with van der Waals surface area (Å²) in [6, 6.07) is 12.5. The highest BCUT2D eigenvalue weighted by atomic mass is 35.5. The number of nitrogens with one attached hydrogen (secondary N) is 2. The fourth-order valence-corrected chi connectivity index (χ4v) is 2.60. The maximum Gasteiger partial charge on any atom is 0.243 e. The number of halogens is 2. The van der Waals surface area contributed by atoms with Gasteiger partial charge in [0.15, 0.2) is 0 Å². The molecule has 0 aliphatic rings. The summed E-state index contributed by atoms with van der Waals surface area (Å²) in [6.45, 7) is 0.0686. The molecule has 0 atom stereocenters. The standard InChI is InChI=1S/C19H21Cl2N3O2/c1-24(2)19(26)10-5-13-3-7-15(8-4-13)23-18(25)12-22-17-11-14(20)6-9-16(17)21/h3-4,6-9,11,22H,5,10,12H2,1-2H3,(H,23,25). The van der Waals surface area contributed by atoms with Gasteiger partial charge in [0.05, 0.1) is 17.3 Å². The average Bonchev–Trinajstić information content (AvgIpc) is 2.61. The van der Waals surface area contributed by atoms with Crippen LogP contribution in [0.2, 0.25) is 10.0 Å². The van der Waals surface area contributed by atoms with E-state index in [1.165, 1.54) is 0 Å². The van der Waals surface area contributed by atoms with Crippen LogP contribution in [-0.2, 0) is 16.0 Å². The zero-order chi connectivity index (χ0) is 19.1. The summed E-state index contributed by atoms with van der Waals surface area (Å²) < 4.78 is 0. The number of aryl methyl sites for hydroxylation is 1. The van der Waals surface area contributed by atoms with E-state index in [4.69, 9.17) is 23.2 Å². The SMILES string of the molecule is CN(C)C(=O)CCc1ccc(NC(=O)CNc2cc(Cl)ccc2Cl)cc1. The van der Waals surface area contributed by atoms with Crippen molar-refractivity contribution in [1.29, 1.82) is 0 Å². The third-order valence-electron chi connectivity index (χ3n) is 3.73. The Morgan fingerprint density at radius 1 is 1.04 bits per heavy atom. The lowest BCUT2D eigenvalue weighted by Crippen LogP contribution is -2.22. The molecule has 0 radical (unpaired) electrons. The lowest BCUT2D eigenvalue weighted by molar-refractivity contribution is -0.128. The minimum absolute atomic E-state index is 0.0686. The first-order valence-electron chi connectivity index (χ1n) is 8.13. The van der Waals surface area contributed by atoms with E-state index < -0.39 is 0 Å². The van der Waals surface area contributed by atoms with E-state index in [1.807, 2.05) is 24.3 Å². The highest BCUT2D eigenvalue weighted by Crippen LogP contribution is 2.25. The topological polar surface area (TPSA) is 61.4 Å². The second kappa shape index (κ2) is 9.46. The molecule has 0 aliphatic heterocycles. The van der Waals surface area contributed by atoms with Crippen LogP contribution in [0.25, 0.3) is 0 Å². The summed E-state index contributed by atoms with van der Waals surface area (Å²) in [5.74, 6) is -0.107. The molecule has 0 saturated carbocycles. The second-order valence-electron chi connectivity index (χ2n) is 6.01. The molecule has 0 heterocycles. The molecule has 0 fully saturated rings. The molecule has 2 rings (SSSR count). The third-order valence-corrected chi connectivity index (χ3v) is 4.30. The Bertz CT molecular complexity index is 777. The van der Waals surface area contributed by atoms with Gasteiger partial charge in [0, 0.05) is 31.2 Å². The Morgan fingerprint density at radius 3 is 2.38 bits per heavy atom. The molecule has 2 amide bonds. The van der Waals surface area contributed by atoms with E-state index in [2.05, 4.69) is 10.6 Å². The van der Waals surface area contributed by atoms with Crippen LogP contribution in [0.1, 0.15) is 12.0 Å². The Morgan fingerprint density at radius 2 is 1.73 bits per heavy atom. The molecule has 138 valence electrons. The first-order chi connectivity index (χ1) is 12.3. The number of hydrogen-bond acceptors (Lipinski definition) is 3. The highest BCUT2D eigenvalue weighted by Gasteiger charge is 2.07. The number of amides is 2. The molecule has 0 saturated heterocycles. The summed E-state index contributed by atoms with van der Waals surface area (Å²) in [7, 11) is 3.48. The third kappa shape index (κ3) is 6.24. The predicted molar refractivity (Wildman–Crippen MR) is 107 cm³/mol. The van der Waals surface area contributed by atoms with Gasteiger partial charge in [-0.15, -0.1) is 0 Å². The zero-order valence-corrected chi connectivity index (χ0v) is 16.2. The van der Waals surface area contributed by atoms with Gasteiger partial charge < -0.3 is 15.5 Å². The van der Waals surface area contributed by atoms with Crippen LogP contribution in [-0.4, -0.2) is 37.4 Å². The van der Waals surface area contributed by atoms with E-state index in [0.717, 1.165) is 5.56 Å². The van der Waals surface area contributed by atoms with E-state index in [1.54, 1.807) is 37.2 Å². The van der Waals surface area contributed by atoms with Gasteiger partial charge in [-0.3, -0.25) is 9.59 Å². The molecule has 0 unspecified atom stereocenters. The second-order valence-corrected chi connectivity index (χ2v) is 6.85. The van der Waals surface area contributed by atoms with Crippen molar-refractivity contribution in [1.82, 2.24) is 4.90 Å². The van der Waals surface area contributed by atoms with Crippen LogP contribution in [0.3, 0.4) is 0 Å². The van der Waals surface area contributed by atoms with Crippen LogP contribution in [0.15, 0.2) is 42.5 Å². The summed E-state index contributed by atoms with van der Waals surface area (Å²) in [5, 5.41) is 6.80. The molecule has 0 spiro atoms. The van der Waals surface area contributed by atoms with E-state index in [-0.39, 0.29) is 18.4 Å². The summed E-state index contributed by atoms with van der Waals surface area (Å²) in [4.78, 5) is 25.2. The Labute approximate surface area is 163 Å². The van der Waals surface area contributed by atoms with Gasteiger partial charge >= 0.3 is 0 Å². The number of rotatable bonds is 7. The maximum atomic E-state index is 12.1. The molecule has 5 nitrogen and oxygen atoms in total. The van der Waals surface area contributed by atoms with Gasteiger partial charge in [-0.1, -0.05) is 35.3 Å². The fraction of sp³-hybridized carbons (Fsp3) is 0.263. The van der Waals surface area contributed by atoms with Crippen LogP contribution >= 0.6 is 23.2 Å².